The van der Waals surface area contributed by atoms with Gasteiger partial charge in [-0.15, -0.1) is 0 Å². The SMILES string of the molecule is CS(=O)(=O)N1CCCC(CC(CC2CCC2)NN)C1. The Morgan fingerprint density at radius 3 is 2.37 bits per heavy atom. The van der Waals surface area contributed by atoms with Crippen LogP contribution in [0.5, 0.6) is 0 Å². The molecule has 1 saturated carbocycles. The first-order valence-electron chi connectivity index (χ1n) is 7.40. The van der Waals surface area contributed by atoms with Crippen molar-refractivity contribution in [1.82, 2.24) is 9.73 Å². The van der Waals surface area contributed by atoms with Gasteiger partial charge in [0.15, 0.2) is 0 Å². The zero-order valence-corrected chi connectivity index (χ0v) is 12.7. The van der Waals surface area contributed by atoms with Gasteiger partial charge in [0.2, 0.25) is 10.0 Å². The first kappa shape index (κ1) is 15.2. The average molecular weight is 289 g/mol. The molecule has 0 aromatic rings. The lowest BCUT2D eigenvalue weighted by molar-refractivity contribution is 0.204. The molecule has 5 nitrogen and oxygen atoms in total. The summed E-state index contributed by atoms with van der Waals surface area (Å²) in [6.45, 7) is 1.35. The summed E-state index contributed by atoms with van der Waals surface area (Å²) in [6, 6.07) is 0.342. The molecule has 2 fully saturated rings. The molecule has 0 amide bonds. The van der Waals surface area contributed by atoms with E-state index < -0.39 is 10.0 Å². The molecular weight excluding hydrogens is 262 g/mol. The number of hydrogen-bond acceptors (Lipinski definition) is 4. The molecule has 6 heteroatoms. The zero-order valence-electron chi connectivity index (χ0n) is 11.8. The van der Waals surface area contributed by atoms with Gasteiger partial charge in [0, 0.05) is 19.1 Å². The lowest BCUT2D eigenvalue weighted by atomic mass is 9.79. The van der Waals surface area contributed by atoms with Crippen molar-refractivity contribution in [2.24, 2.45) is 17.7 Å². The highest BCUT2D eigenvalue weighted by atomic mass is 32.2. The number of nitrogens with two attached hydrogens (primary N) is 1. The highest BCUT2D eigenvalue weighted by Crippen LogP contribution is 2.32. The average Bonchev–Trinajstić information content (AvgIpc) is 2.31. The van der Waals surface area contributed by atoms with Crippen molar-refractivity contribution in [2.75, 3.05) is 19.3 Å². The fraction of sp³-hybridized carbons (Fsp3) is 1.00. The van der Waals surface area contributed by atoms with E-state index in [9.17, 15) is 8.42 Å². The Morgan fingerprint density at radius 1 is 1.21 bits per heavy atom. The number of hydrogen-bond donors (Lipinski definition) is 2. The molecule has 0 aromatic carbocycles. The predicted octanol–water partition coefficient (Wildman–Crippen LogP) is 1.07. The minimum absolute atomic E-state index is 0.342. The number of piperidine rings is 1. The van der Waals surface area contributed by atoms with Crippen molar-refractivity contribution in [3.8, 4) is 0 Å². The number of hydrazine groups is 1. The molecule has 1 aliphatic heterocycles. The van der Waals surface area contributed by atoms with E-state index in [0.717, 1.165) is 31.6 Å². The smallest absolute Gasteiger partial charge is 0.211 e. The number of rotatable bonds is 6. The highest BCUT2D eigenvalue weighted by molar-refractivity contribution is 7.88. The first-order chi connectivity index (χ1) is 8.99. The Kier molecular flexibility index (Phi) is 5.22. The van der Waals surface area contributed by atoms with Gasteiger partial charge in [-0.3, -0.25) is 11.3 Å². The third kappa shape index (κ3) is 4.41. The number of sulfonamides is 1. The van der Waals surface area contributed by atoms with Gasteiger partial charge >= 0.3 is 0 Å². The van der Waals surface area contributed by atoms with Gasteiger partial charge in [-0.1, -0.05) is 19.3 Å². The molecule has 2 atom stereocenters. The number of nitrogens with one attached hydrogen (secondary N) is 1. The van der Waals surface area contributed by atoms with Crippen molar-refractivity contribution in [3.05, 3.63) is 0 Å². The largest absolute Gasteiger partial charge is 0.271 e. The van der Waals surface area contributed by atoms with E-state index >= 15 is 0 Å². The summed E-state index contributed by atoms with van der Waals surface area (Å²) in [4.78, 5) is 0. The zero-order chi connectivity index (χ0) is 13.9. The standard InChI is InChI=1S/C13H27N3O2S/c1-19(17,18)16-7-3-6-12(10-16)9-13(15-14)8-11-4-2-5-11/h11-13,15H,2-10,14H2,1H3. The molecule has 0 radical (unpaired) electrons. The summed E-state index contributed by atoms with van der Waals surface area (Å²) in [5, 5.41) is 0. The molecule has 3 N–H and O–H groups in total. The molecule has 19 heavy (non-hydrogen) atoms. The van der Waals surface area contributed by atoms with E-state index in [1.54, 1.807) is 4.31 Å². The minimum atomic E-state index is -3.04. The van der Waals surface area contributed by atoms with Gasteiger partial charge in [0.25, 0.3) is 0 Å². The Morgan fingerprint density at radius 2 is 1.84 bits per heavy atom. The van der Waals surface area contributed by atoms with E-state index in [1.165, 1.54) is 25.5 Å². The third-order valence-corrected chi connectivity index (χ3v) is 5.92. The second-order valence-electron chi connectivity index (χ2n) is 6.26. The van der Waals surface area contributed by atoms with Crippen LogP contribution in [0.25, 0.3) is 0 Å². The monoisotopic (exact) mass is 289 g/mol. The quantitative estimate of drug-likeness (QED) is 0.566. The molecule has 0 bridgehead atoms. The second-order valence-corrected chi connectivity index (χ2v) is 8.24. The van der Waals surface area contributed by atoms with Crippen molar-refractivity contribution in [1.29, 1.82) is 0 Å². The summed E-state index contributed by atoms with van der Waals surface area (Å²) < 4.78 is 24.8. The molecule has 1 saturated heterocycles. The fourth-order valence-electron chi connectivity index (χ4n) is 3.29. The van der Waals surface area contributed by atoms with Gasteiger partial charge in [-0.25, -0.2) is 12.7 Å². The summed E-state index contributed by atoms with van der Waals surface area (Å²) in [5.41, 5.74) is 2.93. The van der Waals surface area contributed by atoms with Crippen LogP contribution in [0.2, 0.25) is 0 Å². The van der Waals surface area contributed by atoms with Gasteiger partial charge in [0.1, 0.15) is 0 Å². The van der Waals surface area contributed by atoms with Gasteiger partial charge in [-0.2, -0.15) is 0 Å². The molecule has 2 rings (SSSR count). The van der Waals surface area contributed by atoms with Crippen LogP contribution in [0, 0.1) is 11.8 Å². The van der Waals surface area contributed by atoms with Crippen LogP contribution in [0.3, 0.4) is 0 Å². The summed E-state index contributed by atoms with van der Waals surface area (Å²) in [6.07, 6.45) is 9.56. The van der Waals surface area contributed by atoms with E-state index in [0.29, 0.717) is 25.0 Å². The van der Waals surface area contributed by atoms with Crippen molar-refractivity contribution < 1.29 is 8.42 Å². The lowest BCUT2D eigenvalue weighted by Gasteiger charge is -2.35. The fourth-order valence-corrected chi connectivity index (χ4v) is 4.23. The molecule has 1 aliphatic carbocycles. The minimum Gasteiger partial charge on any atom is -0.271 e. The molecule has 0 aromatic heterocycles. The molecule has 112 valence electrons. The van der Waals surface area contributed by atoms with Crippen molar-refractivity contribution in [3.63, 3.8) is 0 Å². The Labute approximate surface area is 116 Å². The normalized spacial score (nSPS) is 28.0. The van der Waals surface area contributed by atoms with Crippen molar-refractivity contribution >= 4 is 10.0 Å². The maximum atomic E-state index is 11.6. The lowest BCUT2D eigenvalue weighted by Crippen LogP contribution is -2.44. The third-order valence-electron chi connectivity index (χ3n) is 4.65. The molecule has 1 heterocycles. The molecule has 0 spiro atoms. The van der Waals surface area contributed by atoms with Gasteiger partial charge in [-0.05, 0) is 37.5 Å². The van der Waals surface area contributed by atoms with Gasteiger partial charge < -0.3 is 0 Å². The first-order valence-corrected chi connectivity index (χ1v) is 9.25. The second kappa shape index (κ2) is 6.52. The number of nitrogens with zero attached hydrogens (tertiary/aromatic N) is 1. The van der Waals surface area contributed by atoms with Crippen molar-refractivity contribution in [2.45, 2.75) is 51.0 Å². The van der Waals surface area contributed by atoms with Crippen LogP contribution in [0.15, 0.2) is 0 Å². The van der Waals surface area contributed by atoms with E-state index in [1.807, 2.05) is 0 Å². The van der Waals surface area contributed by atoms with Crippen LogP contribution in [0.4, 0.5) is 0 Å². The van der Waals surface area contributed by atoms with E-state index in [4.69, 9.17) is 5.84 Å². The Bertz CT molecular complexity index is 381. The molecule has 2 unspecified atom stereocenters. The Hall–Kier alpha value is -0.170. The Balaban J connectivity index is 1.82. The summed E-state index contributed by atoms with van der Waals surface area (Å²) >= 11 is 0. The van der Waals surface area contributed by atoms with Gasteiger partial charge in [0.05, 0.1) is 6.26 Å². The van der Waals surface area contributed by atoms with E-state index in [-0.39, 0.29) is 0 Å². The molecule has 2 aliphatic rings. The van der Waals surface area contributed by atoms with Crippen LogP contribution in [-0.2, 0) is 10.0 Å². The predicted molar refractivity (Wildman–Crippen MR) is 76.8 cm³/mol. The summed E-state index contributed by atoms with van der Waals surface area (Å²) in [7, 11) is -3.04. The van der Waals surface area contributed by atoms with Crippen LogP contribution in [0.1, 0.15) is 44.9 Å². The van der Waals surface area contributed by atoms with Crippen LogP contribution >= 0.6 is 0 Å². The van der Waals surface area contributed by atoms with Crippen LogP contribution in [-0.4, -0.2) is 38.1 Å². The van der Waals surface area contributed by atoms with E-state index in [2.05, 4.69) is 5.43 Å². The van der Waals surface area contributed by atoms with Crippen LogP contribution < -0.4 is 11.3 Å². The molecular formula is C13H27N3O2S. The maximum absolute atomic E-state index is 11.6. The highest BCUT2D eigenvalue weighted by Gasteiger charge is 2.29. The summed E-state index contributed by atoms with van der Waals surface area (Å²) in [5.74, 6) is 6.93. The maximum Gasteiger partial charge on any atom is 0.211 e. The topological polar surface area (TPSA) is 75.4 Å².